The highest BCUT2D eigenvalue weighted by Gasteiger charge is 2.82. The molecule has 3 unspecified atom stereocenters. The summed E-state index contributed by atoms with van der Waals surface area (Å²) in [7, 11) is 2.23. The Morgan fingerprint density at radius 2 is 1.96 bits per heavy atom. The number of aliphatic hydroxyl groups excluding tert-OH is 2. The van der Waals surface area contributed by atoms with Crippen LogP contribution >= 0.6 is 0 Å². The van der Waals surface area contributed by atoms with E-state index < -0.39 is 0 Å². The van der Waals surface area contributed by atoms with Crippen LogP contribution in [0.15, 0.2) is 24.3 Å². The molecule has 10 atom stereocenters. The summed E-state index contributed by atoms with van der Waals surface area (Å²) in [6, 6.07) is 9.97. The lowest BCUT2D eigenvalue weighted by atomic mass is 9.60. The van der Waals surface area contributed by atoms with Crippen molar-refractivity contribution in [2.75, 3.05) is 18.5 Å². The Bertz CT molecular complexity index is 798. The fourth-order valence-corrected chi connectivity index (χ4v) is 9.23. The van der Waals surface area contributed by atoms with Crippen molar-refractivity contribution in [1.29, 1.82) is 0 Å². The highest BCUT2D eigenvalue weighted by molar-refractivity contribution is 5.66. The first-order valence-corrected chi connectivity index (χ1v) is 11.1. The van der Waals surface area contributed by atoms with E-state index in [1.54, 1.807) is 0 Å². The van der Waals surface area contributed by atoms with Gasteiger partial charge in [0.1, 0.15) is 6.04 Å². The van der Waals surface area contributed by atoms with E-state index in [0.29, 0.717) is 35.9 Å². The minimum atomic E-state index is -0.271. The molecule has 4 heteroatoms. The molecule has 5 bridgehead atoms. The topological polar surface area (TPSA) is 43.7 Å². The molecule has 5 heterocycles. The second kappa shape index (κ2) is 5.08. The molecule has 1 spiro atoms. The van der Waals surface area contributed by atoms with E-state index in [1.165, 1.54) is 17.7 Å². The Balaban J connectivity index is 1.62. The molecule has 1 aromatic rings. The third-order valence-electron chi connectivity index (χ3n) is 9.73. The van der Waals surface area contributed by atoms with Crippen LogP contribution < -0.4 is 4.90 Å². The van der Waals surface area contributed by atoms with Crippen LogP contribution in [0, 0.1) is 17.8 Å². The van der Waals surface area contributed by atoms with Gasteiger partial charge < -0.3 is 15.1 Å². The number of nitrogens with zero attached hydrogens (tertiary/aromatic N) is 2. The zero-order chi connectivity index (χ0) is 18.7. The van der Waals surface area contributed by atoms with Crippen molar-refractivity contribution < 1.29 is 14.7 Å². The smallest absolute Gasteiger partial charge is 0.194 e. The molecule has 2 N–H and O–H groups in total. The predicted molar refractivity (Wildman–Crippen MR) is 105 cm³/mol. The van der Waals surface area contributed by atoms with Gasteiger partial charge in [0.15, 0.2) is 6.23 Å². The molecule has 0 radical (unpaired) electrons. The number of piperidine rings is 4. The van der Waals surface area contributed by atoms with Gasteiger partial charge in [-0.1, -0.05) is 32.0 Å². The summed E-state index contributed by atoms with van der Waals surface area (Å²) in [6.07, 6.45) is 3.84. The van der Waals surface area contributed by atoms with Crippen LogP contribution in [-0.4, -0.2) is 58.7 Å². The van der Waals surface area contributed by atoms with E-state index in [2.05, 4.69) is 50.1 Å². The first-order chi connectivity index (χ1) is 13.0. The van der Waals surface area contributed by atoms with Crippen LogP contribution in [0.4, 0.5) is 5.69 Å². The molecule has 1 aliphatic carbocycles. The summed E-state index contributed by atoms with van der Waals surface area (Å²) < 4.78 is 0.873. The Kier molecular flexibility index (Phi) is 3.17. The van der Waals surface area contributed by atoms with Crippen molar-refractivity contribution in [2.45, 2.75) is 75.4 Å². The van der Waals surface area contributed by atoms with E-state index >= 15 is 0 Å². The normalized spacial score (nSPS) is 53.7. The molecule has 4 saturated heterocycles. The number of anilines is 1. The summed E-state index contributed by atoms with van der Waals surface area (Å²) >= 11 is 0. The molecular weight excluding hydrogens is 336 g/mol. The van der Waals surface area contributed by atoms with E-state index in [-0.39, 0.29) is 17.7 Å². The van der Waals surface area contributed by atoms with Gasteiger partial charge in [0.05, 0.1) is 30.1 Å². The van der Waals surface area contributed by atoms with Gasteiger partial charge in [-0.2, -0.15) is 0 Å². The SMILES string of the molecule is CCC[N@+]12[C@H](O)[C@@H](CC)C3C[C@H]1[C@@H]1N(C)c4ccccc4C14C[C@H]2C3[C@H]4O. The van der Waals surface area contributed by atoms with Crippen LogP contribution in [0.25, 0.3) is 0 Å². The monoisotopic (exact) mass is 369 g/mol. The summed E-state index contributed by atoms with van der Waals surface area (Å²) in [4.78, 5) is 2.48. The molecule has 0 amide bonds. The van der Waals surface area contributed by atoms with Crippen molar-refractivity contribution in [3.63, 3.8) is 0 Å². The van der Waals surface area contributed by atoms with Gasteiger partial charge >= 0.3 is 0 Å². The number of hydrogen-bond donors (Lipinski definition) is 2. The lowest BCUT2D eigenvalue weighted by Crippen LogP contribution is -2.83. The largest absolute Gasteiger partial charge is 0.392 e. The van der Waals surface area contributed by atoms with Gasteiger partial charge in [-0.15, -0.1) is 0 Å². The maximum Gasteiger partial charge on any atom is 0.194 e. The zero-order valence-electron chi connectivity index (χ0n) is 16.8. The third kappa shape index (κ3) is 1.51. The van der Waals surface area contributed by atoms with Gasteiger partial charge in [-0.25, -0.2) is 0 Å². The predicted octanol–water partition coefficient (Wildman–Crippen LogP) is 2.48. The Labute approximate surface area is 162 Å². The van der Waals surface area contributed by atoms with Crippen LogP contribution in [0.2, 0.25) is 0 Å². The number of para-hydroxylation sites is 1. The molecule has 6 aliphatic rings. The average Bonchev–Trinajstić information content (AvgIpc) is 3.06. The molecule has 146 valence electrons. The number of rotatable bonds is 3. The quantitative estimate of drug-likeness (QED) is 0.805. The highest BCUT2D eigenvalue weighted by atomic mass is 16.3. The van der Waals surface area contributed by atoms with Gasteiger partial charge in [0.2, 0.25) is 0 Å². The maximum atomic E-state index is 11.9. The molecule has 1 saturated carbocycles. The van der Waals surface area contributed by atoms with E-state index in [9.17, 15) is 10.2 Å². The van der Waals surface area contributed by atoms with E-state index in [0.717, 1.165) is 30.3 Å². The zero-order valence-corrected chi connectivity index (χ0v) is 16.8. The van der Waals surface area contributed by atoms with Crippen LogP contribution in [0.3, 0.4) is 0 Å². The fraction of sp³-hybridized carbons (Fsp3) is 0.739. The number of likely N-dealkylation sites (N-methyl/N-ethyl adjacent to an activating group) is 1. The molecule has 5 aliphatic heterocycles. The van der Waals surface area contributed by atoms with Gasteiger partial charge in [0.25, 0.3) is 0 Å². The Morgan fingerprint density at radius 1 is 1.19 bits per heavy atom. The molecular formula is C23H33N2O2+. The van der Waals surface area contributed by atoms with Gasteiger partial charge in [0, 0.05) is 37.4 Å². The molecule has 4 nitrogen and oxygen atoms in total. The lowest BCUT2D eigenvalue weighted by Gasteiger charge is -2.68. The average molecular weight is 370 g/mol. The summed E-state index contributed by atoms with van der Waals surface area (Å²) in [5, 5.41) is 23.6. The van der Waals surface area contributed by atoms with Crippen molar-refractivity contribution in [3.05, 3.63) is 29.8 Å². The molecule has 7 rings (SSSR count). The van der Waals surface area contributed by atoms with E-state index in [4.69, 9.17) is 0 Å². The number of aliphatic hydroxyl groups is 2. The molecule has 0 aromatic heterocycles. The van der Waals surface area contributed by atoms with Crippen LogP contribution in [0.5, 0.6) is 0 Å². The summed E-state index contributed by atoms with van der Waals surface area (Å²) in [5.41, 5.74) is 2.56. The molecule has 5 fully saturated rings. The van der Waals surface area contributed by atoms with Crippen molar-refractivity contribution >= 4 is 5.69 Å². The molecule has 27 heavy (non-hydrogen) atoms. The maximum absolute atomic E-state index is 11.9. The number of fused-ring (bicyclic) bond motifs is 2. The lowest BCUT2D eigenvalue weighted by molar-refractivity contribution is -1.04. The van der Waals surface area contributed by atoms with E-state index in [1.807, 2.05) is 0 Å². The highest BCUT2D eigenvalue weighted by Crippen LogP contribution is 2.71. The minimum absolute atomic E-state index is 0.127. The first kappa shape index (κ1) is 16.8. The molecule has 1 aromatic carbocycles. The summed E-state index contributed by atoms with van der Waals surface area (Å²) in [5.74, 6) is 1.18. The standard InChI is InChI=1S/C23H33N2O2/c1-4-10-25-17-11-14(13(5-2)22(25)27)19-18(25)12-23(21(19)26)15-8-6-7-9-16(15)24(3)20(17)23/h6-9,13-14,17-22,26-27H,4-5,10-12H2,1-3H3/q+1/t13-,14?,17-,18-,19?,20-,21+,22+,23?,25-/m0/s1. The minimum Gasteiger partial charge on any atom is -0.392 e. The second-order valence-corrected chi connectivity index (χ2v) is 10.1. The third-order valence-corrected chi connectivity index (χ3v) is 9.73. The Hall–Kier alpha value is -1.10. The van der Waals surface area contributed by atoms with Crippen LogP contribution in [-0.2, 0) is 5.41 Å². The van der Waals surface area contributed by atoms with Crippen molar-refractivity contribution in [3.8, 4) is 0 Å². The van der Waals surface area contributed by atoms with Crippen LogP contribution in [0.1, 0.15) is 45.1 Å². The van der Waals surface area contributed by atoms with Gasteiger partial charge in [-0.3, -0.25) is 4.48 Å². The van der Waals surface area contributed by atoms with Gasteiger partial charge in [-0.05, 0) is 30.4 Å². The first-order valence-electron chi connectivity index (χ1n) is 11.1. The van der Waals surface area contributed by atoms with Crippen molar-refractivity contribution in [1.82, 2.24) is 0 Å². The summed E-state index contributed by atoms with van der Waals surface area (Å²) in [6.45, 7) is 5.56. The Morgan fingerprint density at radius 3 is 2.70 bits per heavy atom. The second-order valence-electron chi connectivity index (χ2n) is 10.1. The van der Waals surface area contributed by atoms with Crippen molar-refractivity contribution in [2.24, 2.45) is 17.8 Å². The number of quaternary nitrogens is 1. The number of hydrogen-bond acceptors (Lipinski definition) is 3. The fourth-order valence-electron chi connectivity index (χ4n) is 9.23. The number of benzene rings is 1.